The van der Waals surface area contributed by atoms with Gasteiger partial charge in [0.05, 0.1) is 12.2 Å². The minimum absolute atomic E-state index is 0.132. The molecule has 4 rings (SSSR count). The van der Waals surface area contributed by atoms with Gasteiger partial charge in [-0.1, -0.05) is 78.9 Å². The van der Waals surface area contributed by atoms with Crippen molar-refractivity contribution >= 4 is 23.2 Å². The third-order valence-electron chi connectivity index (χ3n) is 5.62. The molecule has 0 aliphatic carbocycles. The lowest BCUT2D eigenvalue weighted by Gasteiger charge is -2.16. The Bertz CT molecular complexity index is 1260. The molecule has 0 radical (unpaired) electrons. The number of amides is 1. The molecule has 6 heteroatoms. The third-order valence-corrected chi connectivity index (χ3v) is 5.91. The summed E-state index contributed by atoms with van der Waals surface area (Å²) in [4.78, 5) is 17.3. The van der Waals surface area contributed by atoms with Crippen LogP contribution in [0.4, 0.5) is 0 Å². The van der Waals surface area contributed by atoms with Gasteiger partial charge in [0.25, 0.3) is 5.91 Å². The maximum Gasteiger partial charge on any atom is 0.252 e. The Morgan fingerprint density at radius 3 is 2.23 bits per heavy atom. The first-order valence-electron chi connectivity index (χ1n) is 11.6. The van der Waals surface area contributed by atoms with Crippen molar-refractivity contribution < 1.29 is 4.79 Å². The predicted molar refractivity (Wildman–Crippen MR) is 145 cm³/mol. The van der Waals surface area contributed by atoms with Gasteiger partial charge in [-0.3, -0.25) is 9.78 Å². The van der Waals surface area contributed by atoms with Crippen LogP contribution >= 0.6 is 12.2 Å². The van der Waals surface area contributed by atoms with Gasteiger partial charge in [-0.15, -0.1) is 0 Å². The second-order valence-electron chi connectivity index (χ2n) is 8.05. The summed E-state index contributed by atoms with van der Waals surface area (Å²) in [6.07, 6.45) is 2.62. The number of carbonyl (C=O) groups excluding carboxylic acids is 1. The van der Waals surface area contributed by atoms with Gasteiger partial charge < -0.3 is 16.0 Å². The molecule has 176 valence electrons. The molecule has 0 atom stereocenters. The first-order valence-corrected chi connectivity index (χ1v) is 12.0. The Morgan fingerprint density at radius 2 is 1.43 bits per heavy atom. The molecule has 4 aromatic rings. The maximum atomic E-state index is 13.0. The van der Waals surface area contributed by atoms with E-state index in [9.17, 15) is 4.79 Å². The van der Waals surface area contributed by atoms with Crippen LogP contribution in [0.2, 0.25) is 0 Å². The summed E-state index contributed by atoms with van der Waals surface area (Å²) in [5.41, 5.74) is 5.65. The number of aromatic nitrogens is 1. The zero-order valence-electron chi connectivity index (χ0n) is 19.4. The van der Waals surface area contributed by atoms with E-state index < -0.39 is 0 Å². The van der Waals surface area contributed by atoms with E-state index in [0.717, 1.165) is 35.3 Å². The molecule has 0 aliphatic heterocycles. The van der Waals surface area contributed by atoms with E-state index in [4.69, 9.17) is 12.2 Å². The molecule has 1 amide bonds. The van der Waals surface area contributed by atoms with Crippen molar-refractivity contribution in [3.8, 4) is 11.1 Å². The highest BCUT2D eigenvalue weighted by molar-refractivity contribution is 7.80. The molecule has 35 heavy (non-hydrogen) atoms. The standard InChI is InChI=1S/C29H28N4OS/c34-28(32-21-24-13-8-9-18-30-24)27-16-7-6-15-26(27)25-14-5-4-12-23(25)20-33-29(35)31-19-17-22-10-2-1-3-11-22/h1-16,18H,17,19-21H2,(H,32,34)(H2,31,33,35). The molecule has 0 unspecified atom stereocenters. The van der Waals surface area contributed by atoms with Crippen LogP contribution in [-0.2, 0) is 19.5 Å². The maximum absolute atomic E-state index is 13.0. The topological polar surface area (TPSA) is 66.0 Å². The molecule has 0 spiro atoms. The number of pyridine rings is 1. The van der Waals surface area contributed by atoms with E-state index in [0.29, 0.717) is 23.8 Å². The number of benzene rings is 3. The van der Waals surface area contributed by atoms with E-state index in [1.165, 1.54) is 5.56 Å². The zero-order chi connectivity index (χ0) is 24.3. The lowest BCUT2D eigenvalue weighted by molar-refractivity contribution is 0.0951. The average molecular weight is 481 g/mol. The Balaban J connectivity index is 1.40. The monoisotopic (exact) mass is 480 g/mol. The molecule has 0 fully saturated rings. The fourth-order valence-electron chi connectivity index (χ4n) is 3.83. The average Bonchev–Trinajstić information content (AvgIpc) is 2.92. The summed E-state index contributed by atoms with van der Waals surface area (Å²) in [5.74, 6) is -0.132. The van der Waals surface area contributed by atoms with Crippen LogP contribution in [0.5, 0.6) is 0 Å². The molecule has 0 aliphatic rings. The normalized spacial score (nSPS) is 10.4. The van der Waals surface area contributed by atoms with Gasteiger partial charge in [-0.2, -0.15) is 0 Å². The van der Waals surface area contributed by atoms with Crippen molar-refractivity contribution in [3.63, 3.8) is 0 Å². The molecule has 5 nitrogen and oxygen atoms in total. The SMILES string of the molecule is O=C(NCc1ccccn1)c1ccccc1-c1ccccc1CNC(=S)NCCc1ccccc1. The van der Waals surface area contributed by atoms with E-state index in [1.54, 1.807) is 6.20 Å². The van der Waals surface area contributed by atoms with E-state index in [2.05, 4.69) is 39.1 Å². The van der Waals surface area contributed by atoms with E-state index in [-0.39, 0.29) is 5.91 Å². The molecule has 0 saturated carbocycles. The largest absolute Gasteiger partial charge is 0.362 e. The lowest BCUT2D eigenvalue weighted by Crippen LogP contribution is -2.36. The van der Waals surface area contributed by atoms with Crippen molar-refractivity contribution in [2.75, 3.05) is 6.54 Å². The predicted octanol–water partition coefficient (Wildman–Crippen LogP) is 4.89. The van der Waals surface area contributed by atoms with Crippen LogP contribution in [0.1, 0.15) is 27.2 Å². The number of hydrogen-bond donors (Lipinski definition) is 3. The quantitative estimate of drug-likeness (QED) is 0.298. The first kappa shape index (κ1) is 24.1. The van der Waals surface area contributed by atoms with Gasteiger partial charge in [0.2, 0.25) is 0 Å². The molecule has 1 aromatic heterocycles. The molecule has 3 aromatic carbocycles. The third kappa shape index (κ3) is 6.98. The van der Waals surface area contributed by atoms with Gasteiger partial charge >= 0.3 is 0 Å². The first-order chi connectivity index (χ1) is 17.2. The molecule has 1 heterocycles. The summed E-state index contributed by atoms with van der Waals surface area (Å²) in [5, 5.41) is 10.2. The minimum atomic E-state index is -0.132. The number of hydrogen-bond acceptors (Lipinski definition) is 3. The molecular formula is C29H28N4OS. The second-order valence-corrected chi connectivity index (χ2v) is 8.46. The van der Waals surface area contributed by atoms with E-state index in [1.807, 2.05) is 78.9 Å². The summed E-state index contributed by atoms with van der Waals surface area (Å²) >= 11 is 5.48. The van der Waals surface area contributed by atoms with Gasteiger partial charge in [-0.05, 0) is 59.1 Å². The minimum Gasteiger partial charge on any atom is -0.362 e. The van der Waals surface area contributed by atoms with Crippen LogP contribution in [0.3, 0.4) is 0 Å². The Hall–Kier alpha value is -4.03. The van der Waals surface area contributed by atoms with Crippen LogP contribution in [0.25, 0.3) is 11.1 Å². The fraction of sp³-hybridized carbons (Fsp3) is 0.138. The van der Waals surface area contributed by atoms with Crippen molar-refractivity contribution in [2.24, 2.45) is 0 Å². The van der Waals surface area contributed by atoms with E-state index >= 15 is 0 Å². The van der Waals surface area contributed by atoms with Gasteiger partial charge in [0.15, 0.2) is 5.11 Å². The van der Waals surface area contributed by atoms with Crippen molar-refractivity contribution in [1.29, 1.82) is 0 Å². The number of rotatable bonds is 9. The zero-order valence-corrected chi connectivity index (χ0v) is 20.2. The Kier molecular flexibility index (Phi) is 8.57. The highest BCUT2D eigenvalue weighted by atomic mass is 32.1. The van der Waals surface area contributed by atoms with Gasteiger partial charge in [-0.25, -0.2) is 0 Å². The Morgan fingerprint density at radius 1 is 0.714 bits per heavy atom. The smallest absolute Gasteiger partial charge is 0.252 e. The van der Waals surface area contributed by atoms with Crippen LogP contribution in [0.15, 0.2) is 103 Å². The number of nitrogens with zero attached hydrogens (tertiary/aromatic N) is 1. The number of nitrogens with one attached hydrogen (secondary N) is 3. The van der Waals surface area contributed by atoms with Crippen molar-refractivity contribution in [1.82, 2.24) is 20.9 Å². The molecular weight excluding hydrogens is 452 g/mol. The molecule has 0 saturated heterocycles. The number of thiocarbonyl (C=S) groups is 1. The van der Waals surface area contributed by atoms with Crippen LogP contribution < -0.4 is 16.0 Å². The fourth-order valence-corrected chi connectivity index (χ4v) is 4.00. The van der Waals surface area contributed by atoms with Crippen LogP contribution in [-0.4, -0.2) is 22.5 Å². The highest BCUT2D eigenvalue weighted by Gasteiger charge is 2.15. The van der Waals surface area contributed by atoms with Crippen LogP contribution in [0, 0.1) is 0 Å². The van der Waals surface area contributed by atoms with Crippen molar-refractivity contribution in [2.45, 2.75) is 19.5 Å². The molecule has 3 N–H and O–H groups in total. The highest BCUT2D eigenvalue weighted by Crippen LogP contribution is 2.27. The van der Waals surface area contributed by atoms with Gasteiger partial charge in [0, 0.05) is 24.8 Å². The summed E-state index contributed by atoms with van der Waals surface area (Å²) in [6.45, 7) is 1.69. The Labute approximate surface area is 211 Å². The summed E-state index contributed by atoms with van der Waals surface area (Å²) in [6, 6.07) is 31.7. The summed E-state index contributed by atoms with van der Waals surface area (Å²) < 4.78 is 0. The van der Waals surface area contributed by atoms with Crippen molar-refractivity contribution in [3.05, 3.63) is 126 Å². The molecule has 0 bridgehead atoms. The summed E-state index contributed by atoms with van der Waals surface area (Å²) in [7, 11) is 0. The number of carbonyl (C=O) groups is 1. The second kappa shape index (κ2) is 12.4. The lowest BCUT2D eigenvalue weighted by atomic mass is 9.95. The van der Waals surface area contributed by atoms with Gasteiger partial charge in [0.1, 0.15) is 0 Å².